The van der Waals surface area contributed by atoms with E-state index in [1.54, 1.807) is 36.4 Å². The van der Waals surface area contributed by atoms with Gasteiger partial charge in [-0.2, -0.15) is 0 Å². The van der Waals surface area contributed by atoms with Crippen molar-refractivity contribution in [3.63, 3.8) is 0 Å². The Hall–Kier alpha value is -1.59. The third-order valence-corrected chi connectivity index (χ3v) is 3.99. The van der Waals surface area contributed by atoms with E-state index in [0.29, 0.717) is 21.8 Å². The maximum absolute atomic E-state index is 13.6. The predicted octanol–water partition coefficient (Wildman–Crippen LogP) is 3.64. The maximum atomic E-state index is 13.6. The van der Waals surface area contributed by atoms with E-state index < -0.39 is 9.84 Å². The van der Waals surface area contributed by atoms with E-state index in [1.807, 2.05) is 0 Å². The van der Waals surface area contributed by atoms with Gasteiger partial charge in [-0.3, -0.25) is 0 Å². The largest absolute Gasteiger partial charge is 0.381 e. The number of anilines is 1. The lowest BCUT2D eigenvalue weighted by Crippen LogP contribution is -2.07. The first-order valence-corrected chi connectivity index (χ1v) is 8.72. The summed E-state index contributed by atoms with van der Waals surface area (Å²) in [7, 11) is -3.16. The smallest absolute Gasteiger partial charge is 0.151 e. The molecule has 0 aromatic heterocycles. The van der Waals surface area contributed by atoms with Gasteiger partial charge in [0.1, 0.15) is 5.82 Å². The van der Waals surface area contributed by atoms with E-state index in [2.05, 4.69) is 5.32 Å². The lowest BCUT2D eigenvalue weighted by molar-refractivity contribution is 0.601. The topological polar surface area (TPSA) is 46.2 Å². The Labute approximate surface area is 128 Å². The second kappa shape index (κ2) is 6.45. The van der Waals surface area contributed by atoms with Crippen LogP contribution in [0.4, 0.5) is 10.1 Å². The van der Waals surface area contributed by atoms with Gasteiger partial charge < -0.3 is 5.32 Å². The Morgan fingerprint density at radius 1 is 1.14 bits per heavy atom. The standard InChI is InChI=1S/C15H15ClFNO2S/c1-21(19,20)10-12-6-7-13(16)8-15(12)18-9-11-4-2-3-5-14(11)17/h2-8,18H,9-10H2,1H3. The zero-order valence-corrected chi connectivity index (χ0v) is 13.0. The van der Waals surface area contributed by atoms with E-state index in [-0.39, 0.29) is 18.1 Å². The van der Waals surface area contributed by atoms with Gasteiger partial charge in [0.05, 0.1) is 5.75 Å². The zero-order valence-electron chi connectivity index (χ0n) is 11.4. The first-order valence-electron chi connectivity index (χ1n) is 6.28. The van der Waals surface area contributed by atoms with Gasteiger partial charge in [-0.05, 0) is 23.8 Å². The quantitative estimate of drug-likeness (QED) is 0.912. The fourth-order valence-corrected chi connectivity index (χ4v) is 2.94. The van der Waals surface area contributed by atoms with Gasteiger partial charge in [0.15, 0.2) is 9.84 Å². The summed E-state index contributed by atoms with van der Waals surface area (Å²) in [6.07, 6.45) is 1.17. The van der Waals surface area contributed by atoms with Crippen molar-refractivity contribution in [2.45, 2.75) is 12.3 Å². The summed E-state index contributed by atoms with van der Waals surface area (Å²) >= 11 is 5.94. The van der Waals surface area contributed by atoms with E-state index in [4.69, 9.17) is 11.6 Å². The van der Waals surface area contributed by atoms with Crippen LogP contribution in [0.25, 0.3) is 0 Å². The molecular formula is C15H15ClFNO2S. The van der Waals surface area contributed by atoms with Gasteiger partial charge in [-0.25, -0.2) is 12.8 Å². The summed E-state index contributed by atoms with van der Waals surface area (Å²) in [6, 6.07) is 11.4. The summed E-state index contributed by atoms with van der Waals surface area (Å²) in [4.78, 5) is 0. The highest BCUT2D eigenvalue weighted by Gasteiger charge is 2.10. The van der Waals surface area contributed by atoms with Crippen molar-refractivity contribution in [3.05, 3.63) is 64.4 Å². The molecule has 0 atom stereocenters. The molecule has 3 nitrogen and oxygen atoms in total. The number of halogens is 2. The molecule has 6 heteroatoms. The van der Waals surface area contributed by atoms with Gasteiger partial charge in [-0.15, -0.1) is 0 Å². The van der Waals surface area contributed by atoms with Crippen molar-refractivity contribution in [3.8, 4) is 0 Å². The van der Waals surface area contributed by atoms with Crippen LogP contribution in [0.5, 0.6) is 0 Å². The molecule has 0 saturated carbocycles. The third-order valence-electron chi connectivity index (χ3n) is 2.92. The normalized spacial score (nSPS) is 11.4. The van der Waals surface area contributed by atoms with Crippen LogP contribution >= 0.6 is 11.6 Å². The summed E-state index contributed by atoms with van der Waals surface area (Å²) in [5.41, 5.74) is 1.71. The van der Waals surface area contributed by atoms with Crippen LogP contribution in [0, 0.1) is 5.82 Å². The van der Waals surface area contributed by atoms with Crippen molar-refractivity contribution >= 4 is 27.1 Å². The summed E-state index contributed by atoms with van der Waals surface area (Å²) in [5.74, 6) is -0.402. The second-order valence-corrected chi connectivity index (χ2v) is 7.39. The number of nitrogens with one attached hydrogen (secondary N) is 1. The molecule has 0 fully saturated rings. The van der Waals surface area contributed by atoms with Crippen molar-refractivity contribution in [1.29, 1.82) is 0 Å². The molecule has 2 aromatic carbocycles. The van der Waals surface area contributed by atoms with Crippen LogP contribution in [0.15, 0.2) is 42.5 Å². The van der Waals surface area contributed by atoms with Crippen LogP contribution < -0.4 is 5.32 Å². The van der Waals surface area contributed by atoms with Crippen LogP contribution in [0.3, 0.4) is 0 Å². The Morgan fingerprint density at radius 2 is 1.86 bits per heavy atom. The fraction of sp³-hybridized carbons (Fsp3) is 0.200. The highest BCUT2D eigenvalue weighted by molar-refractivity contribution is 7.89. The molecule has 1 N–H and O–H groups in total. The molecule has 21 heavy (non-hydrogen) atoms. The van der Waals surface area contributed by atoms with Gasteiger partial charge in [0.2, 0.25) is 0 Å². The van der Waals surface area contributed by atoms with Crippen molar-refractivity contribution in [1.82, 2.24) is 0 Å². The van der Waals surface area contributed by atoms with E-state index >= 15 is 0 Å². The molecule has 0 unspecified atom stereocenters. The van der Waals surface area contributed by atoms with Crippen molar-refractivity contribution in [2.24, 2.45) is 0 Å². The molecule has 2 aromatic rings. The number of benzene rings is 2. The lowest BCUT2D eigenvalue weighted by atomic mass is 10.1. The average Bonchev–Trinajstić information content (AvgIpc) is 2.39. The van der Waals surface area contributed by atoms with E-state index in [0.717, 1.165) is 0 Å². The van der Waals surface area contributed by atoms with E-state index in [9.17, 15) is 12.8 Å². The fourth-order valence-electron chi connectivity index (χ4n) is 1.95. The molecule has 0 saturated heterocycles. The summed E-state index contributed by atoms with van der Waals surface area (Å²) in [6.45, 7) is 0.254. The average molecular weight is 328 g/mol. The maximum Gasteiger partial charge on any atom is 0.151 e. The molecule has 0 aliphatic heterocycles. The van der Waals surface area contributed by atoms with E-state index in [1.165, 1.54) is 12.3 Å². The molecular weight excluding hydrogens is 313 g/mol. The molecule has 0 amide bonds. The SMILES string of the molecule is CS(=O)(=O)Cc1ccc(Cl)cc1NCc1ccccc1F. The Kier molecular flexibility index (Phi) is 4.85. The number of hydrogen-bond acceptors (Lipinski definition) is 3. The molecule has 0 heterocycles. The minimum absolute atomic E-state index is 0.0935. The molecule has 0 aliphatic carbocycles. The molecule has 0 radical (unpaired) electrons. The van der Waals surface area contributed by atoms with Crippen molar-refractivity contribution < 1.29 is 12.8 Å². The Morgan fingerprint density at radius 3 is 2.52 bits per heavy atom. The van der Waals surface area contributed by atoms with Crippen molar-refractivity contribution in [2.75, 3.05) is 11.6 Å². The van der Waals surface area contributed by atoms with Crippen LogP contribution in [-0.2, 0) is 22.1 Å². The highest BCUT2D eigenvalue weighted by Crippen LogP contribution is 2.23. The minimum Gasteiger partial charge on any atom is -0.381 e. The Balaban J connectivity index is 2.23. The van der Waals surface area contributed by atoms with Gasteiger partial charge >= 0.3 is 0 Å². The third kappa shape index (κ3) is 4.72. The number of hydrogen-bond donors (Lipinski definition) is 1. The molecule has 0 spiro atoms. The zero-order chi connectivity index (χ0) is 15.5. The van der Waals surface area contributed by atoms with Crippen LogP contribution in [-0.4, -0.2) is 14.7 Å². The monoisotopic (exact) mass is 327 g/mol. The minimum atomic E-state index is -3.16. The second-order valence-electron chi connectivity index (χ2n) is 4.82. The van der Waals surface area contributed by atoms with Crippen LogP contribution in [0.2, 0.25) is 5.02 Å². The molecule has 112 valence electrons. The van der Waals surface area contributed by atoms with Gasteiger partial charge in [0, 0.05) is 29.1 Å². The van der Waals surface area contributed by atoms with Gasteiger partial charge in [-0.1, -0.05) is 35.9 Å². The lowest BCUT2D eigenvalue weighted by Gasteiger charge is -2.12. The summed E-state index contributed by atoms with van der Waals surface area (Å²) in [5, 5.41) is 3.53. The first-order chi connectivity index (χ1) is 9.85. The van der Waals surface area contributed by atoms with Crippen LogP contribution in [0.1, 0.15) is 11.1 Å². The molecule has 0 bridgehead atoms. The Bertz CT molecular complexity index is 747. The van der Waals surface area contributed by atoms with Gasteiger partial charge in [0.25, 0.3) is 0 Å². The molecule has 2 rings (SSSR count). The highest BCUT2D eigenvalue weighted by atomic mass is 35.5. The molecule has 0 aliphatic rings. The first kappa shape index (κ1) is 15.8. The number of sulfone groups is 1. The predicted molar refractivity (Wildman–Crippen MR) is 83.7 cm³/mol. The number of rotatable bonds is 5. The summed E-state index contributed by atoms with van der Waals surface area (Å²) < 4.78 is 36.5.